The first-order chi connectivity index (χ1) is 11.7. The zero-order valence-corrected chi connectivity index (χ0v) is 13.7. The molecule has 1 fully saturated rings. The number of fused-ring (bicyclic) bond motifs is 1. The first kappa shape index (κ1) is 15.5. The average Bonchev–Trinajstić information content (AvgIpc) is 3.11. The summed E-state index contributed by atoms with van der Waals surface area (Å²) in [7, 11) is -0.532. The highest BCUT2D eigenvalue weighted by atomic mass is 16.5. The molecular formula is C16H20BN5O2. The molecule has 24 heavy (non-hydrogen) atoms. The van der Waals surface area contributed by atoms with Crippen LogP contribution in [0.15, 0.2) is 30.7 Å². The lowest BCUT2D eigenvalue weighted by molar-refractivity contribution is 0.122. The minimum Gasteiger partial charge on any atom is -0.437 e. The third-order valence-electron chi connectivity index (χ3n) is 4.60. The normalized spacial score (nSPS) is 21.6. The molecule has 0 saturated carbocycles. The Balaban J connectivity index is 1.76. The molecule has 124 valence electrons. The first-order valence-corrected chi connectivity index (χ1v) is 8.28. The van der Waals surface area contributed by atoms with Crippen molar-refractivity contribution in [3.8, 4) is 0 Å². The third-order valence-corrected chi connectivity index (χ3v) is 4.60. The molecule has 8 heteroatoms. The van der Waals surface area contributed by atoms with E-state index in [-0.39, 0.29) is 6.04 Å². The van der Waals surface area contributed by atoms with Crippen LogP contribution in [0.1, 0.15) is 11.6 Å². The Labute approximate surface area is 141 Å². The lowest BCUT2D eigenvalue weighted by Crippen LogP contribution is -2.37. The molecule has 2 aromatic heterocycles. The number of pyridine rings is 1. The van der Waals surface area contributed by atoms with Crippen molar-refractivity contribution in [1.82, 2.24) is 19.8 Å². The van der Waals surface area contributed by atoms with E-state index in [1.54, 1.807) is 19.2 Å². The molecule has 0 spiro atoms. The Hall–Kier alpha value is -2.03. The van der Waals surface area contributed by atoms with Gasteiger partial charge in [-0.3, -0.25) is 4.98 Å². The van der Waals surface area contributed by atoms with Gasteiger partial charge in [0.2, 0.25) is 0 Å². The third kappa shape index (κ3) is 2.77. The van der Waals surface area contributed by atoms with Crippen LogP contribution in [0.5, 0.6) is 0 Å². The topological polar surface area (TPSA) is 74.6 Å². The smallest absolute Gasteiger partial charge is 0.377 e. The van der Waals surface area contributed by atoms with Crippen LogP contribution in [0.25, 0.3) is 11.0 Å². The van der Waals surface area contributed by atoms with Gasteiger partial charge in [-0.25, -0.2) is 9.97 Å². The molecule has 1 saturated heterocycles. The van der Waals surface area contributed by atoms with Crippen molar-refractivity contribution in [3.05, 3.63) is 36.3 Å². The van der Waals surface area contributed by atoms with Gasteiger partial charge in [0, 0.05) is 37.4 Å². The highest BCUT2D eigenvalue weighted by molar-refractivity contribution is 6.45. The lowest BCUT2D eigenvalue weighted by Gasteiger charge is -2.28. The molecule has 0 aliphatic carbocycles. The van der Waals surface area contributed by atoms with Crippen LogP contribution in [0.3, 0.4) is 0 Å². The summed E-state index contributed by atoms with van der Waals surface area (Å²) < 4.78 is 5.41. The summed E-state index contributed by atoms with van der Waals surface area (Å²) in [5.74, 6) is 0.865. The number of aromatic nitrogens is 3. The van der Waals surface area contributed by atoms with Gasteiger partial charge >= 0.3 is 7.05 Å². The van der Waals surface area contributed by atoms with E-state index in [1.165, 1.54) is 0 Å². The van der Waals surface area contributed by atoms with Crippen LogP contribution >= 0.6 is 0 Å². The fourth-order valence-corrected chi connectivity index (χ4v) is 3.31. The molecule has 1 N–H and O–H groups in total. The summed E-state index contributed by atoms with van der Waals surface area (Å²) >= 11 is 0. The van der Waals surface area contributed by atoms with Crippen LogP contribution in [0.2, 0.25) is 6.82 Å². The second kappa shape index (κ2) is 6.47. The summed E-state index contributed by atoms with van der Waals surface area (Å²) in [4.78, 5) is 17.9. The second-order valence-electron chi connectivity index (χ2n) is 6.13. The number of rotatable bonds is 3. The molecule has 7 nitrogen and oxygen atoms in total. The summed E-state index contributed by atoms with van der Waals surface area (Å²) in [6.07, 6.45) is 9.52. The Morgan fingerprint density at radius 3 is 2.88 bits per heavy atom. The molecule has 1 unspecified atom stereocenters. The molecular weight excluding hydrogens is 305 g/mol. The molecule has 0 bridgehead atoms. The maximum atomic E-state index is 10.0. The molecule has 1 atom stereocenters. The van der Waals surface area contributed by atoms with Gasteiger partial charge in [-0.2, -0.15) is 0 Å². The minimum absolute atomic E-state index is 0.0320. The summed E-state index contributed by atoms with van der Waals surface area (Å²) in [6.45, 7) is 5.57. The molecule has 4 heterocycles. The Morgan fingerprint density at radius 2 is 2.08 bits per heavy atom. The van der Waals surface area contributed by atoms with Gasteiger partial charge in [-0.05, 0) is 6.82 Å². The highest BCUT2D eigenvalue weighted by Crippen LogP contribution is 2.31. The Morgan fingerprint density at radius 1 is 1.25 bits per heavy atom. The standard InChI is InChI=1S/C16H20BN5O2/c1-17(23)22-4-2-3-14(22)12-9-18-10-13-16(12)20-15(11-19-13)21-5-7-24-8-6-21/h2-3,9-11,14,23H,4-8H2,1H3. The second-order valence-corrected chi connectivity index (χ2v) is 6.13. The van der Waals surface area contributed by atoms with E-state index in [9.17, 15) is 5.02 Å². The SMILES string of the molecule is CB(O)N1CC=CC1c1cncc2ncc(N3CCOCC3)nc12. The number of hydrogen-bond donors (Lipinski definition) is 1. The van der Waals surface area contributed by atoms with Gasteiger partial charge in [0.05, 0.1) is 31.1 Å². The van der Waals surface area contributed by atoms with Crippen molar-refractivity contribution in [3.63, 3.8) is 0 Å². The van der Waals surface area contributed by atoms with Gasteiger partial charge in [-0.15, -0.1) is 0 Å². The van der Waals surface area contributed by atoms with E-state index in [4.69, 9.17) is 9.72 Å². The van der Waals surface area contributed by atoms with Gasteiger partial charge in [-0.1, -0.05) is 12.2 Å². The van der Waals surface area contributed by atoms with Crippen LogP contribution in [-0.4, -0.2) is 64.7 Å². The van der Waals surface area contributed by atoms with E-state index < -0.39 is 7.05 Å². The number of anilines is 1. The summed E-state index contributed by atoms with van der Waals surface area (Å²) in [5.41, 5.74) is 2.59. The van der Waals surface area contributed by atoms with Crippen molar-refractivity contribution < 1.29 is 9.76 Å². The van der Waals surface area contributed by atoms with Crippen LogP contribution in [0, 0.1) is 0 Å². The van der Waals surface area contributed by atoms with E-state index in [0.29, 0.717) is 13.2 Å². The zero-order chi connectivity index (χ0) is 16.5. The van der Waals surface area contributed by atoms with Crippen molar-refractivity contribution in [2.24, 2.45) is 0 Å². The minimum atomic E-state index is -0.532. The monoisotopic (exact) mass is 325 g/mol. The molecule has 2 aliphatic rings. The predicted octanol–water partition coefficient (Wildman–Crippen LogP) is 0.885. The van der Waals surface area contributed by atoms with Crippen LogP contribution < -0.4 is 4.90 Å². The number of nitrogens with zero attached hydrogens (tertiary/aromatic N) is 5. The number of ether oxygens (including phenoxy) is 1. The predicted molar refractivity (Wildman–Crippen MR) is 92.8 cm³/mol. The number of morpholine rings is 1. The van der Waals surface area contributed by atoms with E-state index in [0.717, 1.165) is 42.0 Å². The molecule has 0 aromatic carbocycles. The van der Waals surface area contributed by atoms with Gasteiger partial charge < -0.3 is 19.5 Å². The maximum absolute atomic E-state index is 10.0. The molecule has 2 aliphatic heterocycles. The lowest BCUT2D eigenvalue weighted by atomic mass is 9.83. The Bertz CT molecular complexity index is 763. The fraction of sp³-hybridized carbons (Fsp3) is 0.438. The molecule has 0 radical (unpaired) electrons. The zero-order valence-electron chi connectivity index (χ0n) is 13.7. The highest BCUT2D eigenvalue weighted by Gasteiger charge is 2.29. The van der Waals surface area contributed by atoms with Crippen LogP contribution in [-0.2, 0) is 4.74 Å². The first-order valence-electron chi connectivity index (χ1n) is 8.28. The molecule has 0 amide bonds. The summed E-state index contributed by atoms with van der Waals surface area (Å²) in [5, 5.41) is 10.0. The largest absolute Gasteiger partial charge is 0.437 e. The van der Waals surface area contributed by atoms with Crippen molar-refractivity contribution in [2.45, 2.75) is 12.9 Å². The van der Waals surface area contributed by atoms with Crippen molar-refractivity contribution in [2.75, 3.05) is 37.7 Å². The molecule has 4 rings (SSSR count). The van der Waals surface area contributed by atoms with E-state index in [2.05, 4.69) is 27.0 Å². The van der Waals surface area contributed by atoms with E-state index >= 15 is 0 Å². The van der Waals surface area contributed by atoms with Crippen LogP contribution in [0.4, 0.5) is 5.82 Å². The van der Waals surface area contributed by atoms with Gasteiger partial charge in [0.25, 0.3) is 0 Å². The Kier molecular flexibility index (Phi) is 4.18. The quantitative estimate of drug-likeness (QED) is 0.663. The van der Waals surface area contributed by atoms with Crippen molar-refractivity contribution in [1.29, 1.82) is 0 Å². The summed E-state index contributed by atoms with van der Waals surface area (Å²) in [6, 6.07) is -0.0320. The maximum Gasteiger partial charge on any atom is 0.377 e. The van der Waals surface area contributed by atoms with Crippen molar-refractivity contribution >= 4 is 23.9 Å². The fourth-order valence-electron chi connectivity index (χ4n) is 3.31. The van der Waals surface area contributed by atoms with E-state index in [1.807, 2.05) is 11.0 Å². The van der Waals surface area contributed by atoms with Gasteiger partial charge in [0.15, 0.2) is 0 Å². The molecule has 2 aromatic rings. The van der Waals surface area contributed by atoms with Gasteiger partial charge in [0.1, 0.15) is 11.3 Å². The number of hydrogen-bond acceptors (Lipinski definition) is 7. The average molecular weight is 325 g/mol.